The first-order valence-corrected chi connectivity index (χ1v) is 3.43. The minimum Gasteiger partial charge on any atom is -0.318 e. The highest BCUT2D eigenvalue weighted by Crippen LogP contribution is 2.43. The van der Waals surface area contributed by atoms with Crippen LogP contribution in [0, 0.1) is 5.92 Å². The normalized spacial score (nSPS) is 37.2. The van der Waals surface area contributed by atoms with E-state index in [2.05, 4.69) is 0 Å². The van der Waals surface area contributed by atoms with Crippen molar-refractivity contribution in [3.05, 3.63) is 0 Å². The third-order valence-electron chi connectivity index (χ3n) is 2.21. The molecule has 56 valence electrons. The maximum Gasteiger partial charge on any atom is 0.215 e. The highest BCUT2D eigenvalue weighted by molar-refractivity contribution is 6.30. The summed E-state index contributed by atoms with van der Waals surface area (Å²) in [5.41, 5.74) is 4.79. The van der Waals surface area contributed by atoms with Gasteiger partial charge in [-0.2, -0.15) is 0 Å². The topological polar surface area (TPSA) is 60.2 Å². The van der Waals surface area contributed by atoms with E-state index < -0.39 is 11.3 Å². The summed E-state index contributed by atoms with van der Waals surface area (Å²) in [6.45, 7) is 1.97. The number of ketones is 1. The Kier molecular flexibility index (Phi) is 1.60. The summed E-state index contributed by atoms with van der Waals surface area (Å²) in [7, 11) is 0. The number of carbonyl (C=O) groups excluding carboxylic acids is 2. The van der Waals surface area contributed by atoms with E-state index in [4.69, 9.17) is 5.73 Å². The lowest BCUT2D eigenvalue weighted by Gasteiger charge is -2.01. The van der Waals surface area contributed by atoms with Crippen molar-refractivity contribution in [2.24, 2.45) is 11.7 Å². The Morgan fingerprint density at radius 1 is 1.90 bits per heavy atom. The number of nitrogens with two attached hydrogens (primary N) is 1. The summed E-state index contributed by atoms with van der Waals surface area (Å²) >= 11 is 0. The molecule has 1 fully saturated rings. The molecule has 0 radical (unpaired) electrons. The van der Waals surface area contributed by atoms with Gasteiger partial charge in [0.25, 0.3) is 0 Å². The summed E-state index contributed by atoms with van der Waals surface area (Å²) in [5.74, 6) is -0.204. The molecular formula is C7H11NO2. The van der Waals surface area contributed by atoms with Crippen molar-refractivity contribution in [1.82, 2.24) is 0 Å². The van der Waals surface area contributed by atoms with Gasteiger partial charge in [-0.05, 0) is 12.3 Å². The molecule has 1 unspecified atom stereocenters. The molecule has 2 N–H and O–H groups in total. The van der Waals surface area contributed by atoms with E-state index in [9.17, 15) is 9.59 Å². The molecular weight excluding hydrogens is 130 g/mol. The predicted molar refractivity (Wildman–Crippen MR) is 36.4 cm³/mol. The van der Waals surface area contributed by atoms with Crippen LogP contribution in [0.5, 0.6) is 0 Å². The summed E-state index contributed by atoms with van der Waals surface area (Å²) in [6.07, 6.45) is 1.90. The first-order valence-electron chi connectivity index (χ1n) is 3.43. The maximum atomic E-state index is 10.8. The van der Waals surface area contributed by atoms with E-state index in [-0.39, 0.29) is 5.92 Å². The third kappa shape index (κ3) is 0.865. The monoisotopic (exact) mass is 141 g/mol. The van der Waals surface area contributed by atoms with E-state index >= 15 is 0 Å². The van der Waals surface area contributed by atoms with Crippen LogP contribution in [-0.4, -0.2) is 17.6 Å². The number of carbonyl (C=O) groups is 2. The number of Topliss-reactive ketones (excluding diaryl/α,β-unsaturated/α-hetero) is 1. The molecule has 1 aliphatic rings. The van der Waals surface area contributed by atoms with Gasteiger partial charge in [0.15, 0.2) is 6.29 Å². The minimum absolute atomic E-state index is 0.241. The highest BCUT2D eigenvalue weighted by atomic mass is 16.2. The number of rotatable bonds is 3. The van der Waals surface area contributed by atoms with Crippen LogP contribution in [0.15, 0.2) is 0 Å². The zero-order valence-electron chi connectivity index (χ0n) is 5.96. The maximum absolute atomic E-state index is 10.8. The first kappa shape index (κ1) is 7.41. The van der Waals surface area contributed by atoms with E-state index in [1.165, 1.54) is 0 Å². The van der Waals surface area contributed by atoms with Crippen LogP contribution in [0.2, 0.25) is 0 Å². The molecule has 1 aliphatic carbocycles. The zero-order valence-corrected chi connectivity index (χ0v) is 5.96. The van der Waals surface area contributed by atoms with Crippen molar-refractivity contribution in [3.8, 4) is 0 Å². The van der Waals surface area contributed by atoms with Crippen LogP contribution < -0.4 is 5.73 Å². The average molecular weight is 141 g/mol. The van der Waals surface area contributed by atoms with Gasteiger partial charge < -0.3 is 5.73 Å². The fraction of sp³-hybridized carbons (Fsp3) is 0.714. The van der Waals surface area contributed by atoms with Crippen LogP contribution in [0.3, 0.4) is 0 Å². The van der Waals surface area contributed by atoms with Crippen LogP contribution in [-0.2, 0) is 9.59 Å². The molecule has 0 aromatic rings. The Morgan fingerprint density at radius 3 is 2.80 bits per heavy atom. The Hall–Kier alpha value is -0.700. The number of hydrogen-bond acceptors (Lipinski definition) is 3. The minimum atomic E-state index is -0.781. The summed E-state index contributed by atoms with van der Waals surface area (Å²) in [5, 5.41) is 0. The van der Waals surface area contributed by atoms with Gasteiger partial charge in [-0.1, -0.05) is 13.3 Å². The van der Waals surface area contributed by atoms with Gasteiger partial charge in [0.2, 0.25) is 5.78 Å². The van der Waals surface area contributed by atoms with Crippen LogP contribution in [0.4, 0.5) is 0 Å². The molecule has 0 heterocycles. The second-order valence-electron chi connectivity index (χ2n) is 2.83. The quantitative estimate of drug-likeness (QED) is 0.440. The summed E-state index contributed by atoms with van der Waals surface area (Å²) in [6, 6.07) is 0. The molecule has 1 saturated carbocycles. The van der Waals surface area contributed by atoms with Gasteiger partial charge in [-0.15, -0.1) is 0 Å². The number of aldehydes is 1. The van der Waals surface area contributed by atoms with Crippen molar-refractivity contribution in [3.63, 3.8) is 0 Å². The van der Waals surface area contributed by atoms with Gasteiger partial charge in [0, 0.05) is 0 Å². The standard InChI is InChI=1S/C7H11NO2/c1-2-5-3-7(5,8)6(10)4-9/h4-5H,2-3,8H2,1H3/t5?,7-/m0/s1. The average Bonchev–Trinajstić information content (AvgIpc) is 2.61. The lowest BCUT2D eigenvalue weighted by atomic mass is 10.1. The van der Waals surface area contributed by atoms with E-state index in [1.54, 1.807) is 0 Å². The predicted octanol–water partition coefficient (Wildman–Crippen LogP) is -0.118. The zero-order chi connectivity index (χ0) is 7.78. The molecule has 0 aliphatic heterocycles. The van der Waals surface area contributed by atoms with Crippen LogP contribution in [0.1, 0.15) is 19.8 Å². The largest absolute Gasteiger partial charge is 0.318 e. The fourth-order valence-electron chi connectivity index (χ4n) is 1.27. The third-order valence-corrected chi connectivity index (χ3v) is 2.21. The molecule has 0 aromatic carbocycles. The van der Waals surface area contributed by atoms with Crippen LogP contribution >= 0.6 is 0 Å². The van der Waals surface area contributed by atoms with E-state index in [0.29, 0.717) is 12.7 Å². The van der Waals surface area contributed by atoms with Gasteiger partial charge >= 0.3 is 0 Å². The molecule has 0 bridgehead atoms. The lowest BCUT2D eigenvalue weighted by molar-refractivity contribution is -0.131. The first-order chi connectivity index (χ1) is 4.65. The lowest BCUT2D eigenvalue weighted by Crippen LogP contribution is -2.36. The molecule has 0 spiro atoms. The second kappa shape index (κ2) is 2.16. The highest BCUT2D eigenvalue weighted by Gasteiger charge is 2.55. The van der Waals surface area contributed by atoms with Gasteiger partial charge in [0.05, 0.1) is 5.54 Å². The Bertz CT molecular complexity index is 178. The molecule has 3 heteroatoms. The molecule has 0 saturated heterocycles. The molecule has 3 nitrogen and oxygen atoms in total. The van der Waals surface area contributed by atoms with Gasteiger partial charge in [0.1, 0.15) is 0 Å². The van der Waals surface area contributed by atoms with E-state index in [1.807, 2.05) is 6.92 Å². The van der Waals surface area contributed by atoms with Gasteiger partial charge in [-0.25, -0.2) is 0 Å². The van der Waals surface area contributed by atoms with Crippen molar-refractivity contribution in [2.45, 2.75) is 25.3 Å². The van der Waals surface area contributed by atoms with Crippen molar-refractivity contribution < 1.29 is 9.59 Å². The Morgan fingerprint density at radius 2 is 2.50 bits per heavy atom. The molecule has 2 atom stereocenters. The molecule has 0 aromatic heterocycles. The molecule has 1 rings (SSSR count). The number of hydrogen-bond donors (Lipinski definition) is 1. The van der Waals surface area contributed by atoms with Gasteiger partial charge in [-0.3, -0.25) is 9.59 Å². The van der Waals surface area contributed by atoms with Crippen molar-refractivity contribution >= 4 is 12.1 Å². The van der Waals surface area contributed by atoms with Crippen molar-refractivity contribution in [2.75, 3.05) is 0 Å². The Balaban J connectivity index is 2.58. The SMILES string of the molecule is CCC1C[C@@]1(N)C(=O)C=O. The smallest absolute Gasteiger partial charge is 0.215 e. The summed E-state index contributed by atoms with van der Waals surface area (Å²) < 4.78 is 0. The molecule has 0 amide bonds. The van der Waals surface area contributed by atoms with Crippen molar-refractivity contribution in [1.29, 1.82) is 0 Å². The van der Waals surface area contributed by atoms with E-state index in [0.717, 1.165) is 6.42 Å². The molecule has 10 heavy (non-hydrogen) atoms. The Labute approximate surface area is 59.6 Å². The fourth-order valence-corrected chi connectivity index (χ4v) is 1.27. The summed E-state index contributed by atoms with van der Waals surface area (Å²) in [4.78, 5) is 20.8. The second-order valence-corrected chi connectivity index (χ2v) is 2.83. The van der Waals surface area contributed by atoms with Crippen LogP contribution in [0.25, 0.3) is 0 Å².